The molecule has 0 atom stereocenters. The SMILES string of the molecule is Cc1cc(-c2ccccc2)nc2[n+]1CCN2C.[Br-]. The average Bonchev–Trinajstić information content (AvgIpc) is 2.73. The summed E-state index contributed by atoms with van der Waals surface area (Å²) < 4.78 is 2.27. The van der Waals surface area contributed by atoms with Crippen molar-refractivity contribution in [3.05, 3.63) is 42.1 Å². The van der Waals surface area contributed by atoms with E-state index in [2.05, 4.69) is 53.8 Å². The molecule has 18 heavy (non-hydrogen) atoms. The number of likely N-dealkylation sites (N-methyl/N-ethyl adjacent to an activating group) is 1. The van der Waals surface area contributed by atoms with Crippen LogP contribution in [0.2, 0.25) is 0 Å². The van der Waals surface area contributed by atoms with Crippen molar-refractivity contribution < 1.29 is 21.5 Å². The van der Waals surface area contributed by atoms with Crippen molar-refractivity contribution in [2.45, 2.75) is 13.5 Å². The van der Waals surface area contributed by atoms with E-state index < -0.39 is 0 Å². The lowest BCUT2D eigenvalue weighted by atomic mass is 10.1. The minimum absolute atomic E-state index is 0. The van der Waals surface area contributed by atoms with Crippen molar-refractivity contribution in [1.29, 1.82) is 0 Å². The first-order valence-electron chi connectivity index (χ1n) is 5.94. The number of hydrogen-bond acceptors (Lipinski definition) is 2. The van der Waals surface area contributed by atoms with Crippen LogP contribution in [0.25, 0.3) is 11.3 Å². The van der Waals surface area contributed by atoms with Gasteiger partial charge in [-0.05, 0) is 6.92 Å². The number of aryl methyl sites for hydroxylation is 1. The Kier molecular flexibility index (Phi) is 3.66. The van der Waals surface area contributed by atoms with Crippen LogP contribution in [0.15, 0.2) is 36.4 Å². The van der Waals surface area contributed by atoms with Gasteiger partial charge in [-0.2, -0.15) is 0 Å². The highest BCUT2D eigenvalue weighted by molar-refractivity contribution is 5.59. The number of aromatic nitrogens is 2. The number of benzene rings is 1. The molecule has 0 N–H and O–H groups in total. The minimum atomic E-state index is 0. The highest BCUT2D eigenvalue weighted by Gasteiger charge is 2.27. The molecular formula is C14H16BrN3. The molecule has 0 bridgehead atoms. The van der Waals surface area contributed by atoms with Crippen molar-refractivity contribution in [1.82, 2.24) is 4.98 Å². The Morgan fingerprint density at radius 2 is 1.94 bits per heavy atom. The van der Waals surface area contributed by atoms with Crippen LogP contribution >= 0.6 is 0 Å². The summed E-state index contributed by atoms with van der Waals surface area (Å²) in [5, 5.41) is 0. The first kappa shape index (κ1) is 13.0. The van der Waals surface area contributed by atoms with Crippen LogP contribution in [0.4, 0.5) is 5.95 Å². The van der Waals surface area contributed by atoms with E-state index in [1.54, 1.807) is 0 Å². The molecule has 3 rings (SSSR count). The molecule has 0 amide bonds. The topological polar surface area (TPSA) is 20.0 Å². The summed E-state index contributed by atoms with van der Waals surface area (Å²) in [6.45, 7) is 4.24. The van der Waals surface area contributed by atoms with Gasteiger partial charge in [0.05, 0.1) is 19.3 Å². The molecule has 1 aromatic heterocycles. The second-order valence-electron chi connectivity index (χ2n) is 4.52. The Morgan fingerprint density at radius 1 is 1.22 bits per heavy atom. The smallest absolute Gasteiger partial charge is 0.394 e. The summed E-state index contributed by atoms with van der Waals surface area (Å²) >= 11 is 0. The van der Waals surface area contributed by atoms with E-state index in [-0.39, 0.29) is 17.0 Å². The third-order valence-electron chi connectivity index (χ3n) is 3.30. The Morgan fingerprint density at radius 3 is 2.67 bits per heavy atom. The van der Waals surface area contributed by atoms with Crippen molar-refractivity contribution in [3.63, 3.8) is 0 Å². The molecule has 2 aromatic rings. The Balaban J connectivity index is 0.00000120. The number of rotatable bonds is 1. The summed E-state index contributed by atoms with van der Waals surface area (Å²) in [4.78, 5) is 6.96. The van der Waals surface area contributed by atoms with E-state index in [1.807, 2.05) is 6.07 Å². The molecule has 94 valence electrons. The maximum Gasteiger partial charge on any atom is 0.394 e. The molecule has 1 aliphatic heterocycles. The highest BCUT2D eigenvalue weighted by Crippen LogP contribution is 2.20. The van der Waals surface area contributed by atoms with E-state index in [4.69, 9.17) is 4.98 Å². The number of nitrogens with zero attached hydrogens (tertiary/aromatic N) is 3. The quantitative estimate of drug-likeness (QED) is 0.617. The van der Waals surface area contributed by atoms with Gasteiger partial charge in [-0.3, -0.25) is 4.90 Å². The summed E-state index contributed by atoms with van der Waals surface area (Å²) in [6.07, 6.45) is 0. The predicted octanol–water partition coefficient (Wildman–Crippen LogP) is -1.20. The fourth-order valence-electron chi connectivity index (χ4n) is 2.31. The summed E-state index contributed by atoms with van der Waals surface area (Å²) in [5.74, 6) is 1.07. The van der Waals surface area contributed by atoms with Gasteiger partial charge in [-0.25, -0.2) is 4.57 Å². The zero-order valence-corrected chi connectivity index (χ0v) is 12.2. The largest absolute Gasteiger partial charge is 1.00 e. The second-order valence-corrected chi connectivity index (χ2v) is 4.52. The van der Waals surface area contributed by atoms with Gasteiger partial charge in [-0.15, -0.1) is 0 Å². The zero-order valence-electron chi connectivity index (χ0n) is 10.6. The highest BCUT2D eigenvalue weighted by atomic mass is 79.9. The Bertz CT molecular complexity index is 554. The zero-order chi connectivity index (χ0) is 11.8. The summed E-state index contributed by atoms with van der Waals surface area (Å²) in [6, 6.07) is 12.5. The molecule has 0 fully saturated rings. The molecule has 1 aliphatic rings. The van der Waals surface area contributed by atoms with Gasteiger partial charge in [0.25, 0.3) is 0 Å². The van der Waals surface area contributed by atoms with Crippen LogP contribution in [0, 0.1) is 6.92 Å². The number of fused-ring (bicyclic) bond motifs is 1. The molecule has 4 heteroatoms. The van der Waals surface area contributed by atoms with Crippen molar-refractivity contribution >= 4 is 5.95 Å². The third kappa shape index (κ3) is 2.12. The van der Waals surface area contributed by atoms with Crippen molar-refractivity contribution in [3.8, 4) is 11.3 Å². The van der Waals surface area contributed by atoms with Gasteiger partial charge in [0.2, 0.25) is 0 Å². The lowest BCUT2D eigenvalue weighted by Crippen LogP contribution is -3.00. The first-order valence-corrected chi connectivity index (χ1v) is 5.94. The molecular weight excluding hydrogens is 290 g/mol. The molecule has 3 nitrogen and oxygen atoms in total. The monoisotopic (exact) mass is 305 g/mol. The van der Waals surface area contributed by atoms with E-state index >= 15 is 0 Å². The molecule has 2 heterocycles. The molecule has 0 aliphatic carbocycles. The fourth-order valence-corrected chi connectivity index (χ4v) is 2.31. The molecule has 0 saturated carbocycles. The van der Waals surface area contributed by atoms with Crippen molar-refractivity contribution in [2.75, 3.05) is 18.5 Å². The molecule has 1 aromatic carbocycles. The van der Waals surface area contributed by atoms with Gasteiger partial charge >= 0.3 is 5.95 Å². The van der Waals surface area contributed by atoms with Crippen molar-refractivity contribution in [2.24, 2.45) is 0 Å². The third-order valence-corrected chi connectivity index (χ3v) is 3.30. The fraction of sp³-hybridized carbons (Fsp3) is 0.286. The van der Waals surface area contributed by atoms with Gasteiger partial charge in [0.1, 0.15) is 6.54 Å². The summed E-state index contributed by atoms with van der Waals surface area (Å²) in [7, 11) is 2.10. The second kappa shape index (κ2) is 5.06. The van der Waals surface area contributed by atoms with E-state index in [0.29, 0.717) is 0 Å². The van der Waals surface area contributed by atoms with Gasteiger partial charge < -0.3 is 17.0 Å². The molecule has 0 radical (unpaired) electrons. The van der Waals surface area contributed by atoms with E-state index in [9.17, 15) is 0 Å². The molecule has 0 saturated heterocycles. The van der Waals surface area contributed by atoms with Gasteiger partial charge in [0.15, 0.2) is 5.69 Å². The predicted molar refractivity (Wildman–Crippen MR) is 67.9 cm³/mol. The van der Waals surface area contributed by atoms with Crippen LogP contribution in [-0.2, 0) is 6.54 Å². The lowest BCUT2D eigenvalue weighted by molar-refractivity contribution is -0.679. The van der Waals surface area contributed by atoms with E-state index in [0.717, 1.165) is 24.7 Å². The molecule has 0 spiro atoms. The average molecular weight is 306 g/mol. The summed E-state index contributed by atoms with van der Waals surface area (Å²) in [5.41, 5.74) is 3.51. The van der Waals surface area contributed by atoms with Gasteiger partial charge in [-0.1, -0.05) is 35.3 Å². The standard InChI is InChI=1S/C14H16N3.BrH/c1-11-10-13(12-6-4-3-5-7-12)15-14-16(2)8-9-17(11)14;/h3-7,10H,8-9H2,1-2H3;1H/q+1;/p-1. The normalized spacial score (nSPS) is 13.1. The van der Waals surface area contributed by atoms with Crippen LogP contribution in [-0.4, -0.2) is 18.6 Å². The maximum absolute atomic E-state index is 4.75. The minimum Gasteiger partial charge on any atom is -1.00 e. The van der Waals surface area contributed by atoms with Crippen LogP contribution < -0.4 is 26.4 Å². The number of anilines is 1. The van der Waals surface area contributed by atoms with Gasteiger partial charge in [0, 0.05) is 11.6 Å². The van der Waals surface area contributed by atoms with Crippen LogP contribution in [0.3, 0.4) is 0 Å². The number of hydrogen-bond donors (Lipinski definition) is 0. The Hall–Kier alpha value is -1.42. The molecule has 0 unspecified atom stereocenters. The number of halogens is 1. The lowest BCUT2D eigenvalue weighted by Gasteiger charge is -2.05. The maximum atomic E-state index is 4.75. The van der Waals surface area contributed by atoms with E-state index in [1.165, 1.54) is 11.3 Å². The van der Waals surface area contributed by atoms with Crippen LogP contribution in [0.5, 0.6) is 0 Å². The van der Waals surface area contributed by atoms with Crippen LogP contribution in [0.1, 0.15) is 5.69 Å². The first-order chi connectivity index (χ1) is 8.25. The Labute approximate surface area is 118 Å².